The monoisotopic (exact) mass is 473 g/mol. The van der Waals surface area contributed by atoms with Crippen LogP contribution in [-0.2, 0) is 11.2 Å². The predicted octanol–water partition coefficient (Wildman–Crippen LogP) is 2.91. The van der Waals surface area contributed by atoms with Gasteiger partial charge in [-0.2, -0.15) is 0 Å². The lowest BCUT2D eigenvalue weighted by Gasteiger charge is -2.27. The van der Waals surface area contributed by atoms with Crippen LogP contribution >= 0.6 is 51.5 Å². The third kappa shape index (κ3) is 5.38. The first kappa shape index (κ1) is 18.0. The lowest BCUT2D eigenvalue weighted by Crippen LogP contribution is -2.44. The number of nitrogens with two attached hydrogens (primary N) is 1. The number of nitrogens with zero attached hydrogens (tertiary/aromatic N) is 2. The van der Waals surface area contributed by atoms with Crippen molar-refractivity contribution in [2.45, 2.75) is 6.42 Å². The molecule has 1 aliphatic heterocycles. The van der Waals surface area contributed by atoms with Gasteiger partial charge in [-0.25, -0.2) is 0 Å². The number of hydrogen-bond donors (Lipinski definition) is 1. The molecule has 1 heterocycles. The second-order valence-electron chi connectivity index (χ2n) is 4.33. The van der Waals surface area contributed by atoms with Gasteiger partial charge >= 0.3 is 0 Å². The first-order valence-electron chi connectivity index (χ1n) is 6.23. The summed E-state index contributed by atoms with van der Waals surface area (Å²) in [6, 6.07) is 5.76. The van der Waals surface area contributed by atoms with Crippen LogP contribution in [0.4, 0.5) is 0 Å². The molecule has 1 aromatic rings. The van der Waals surface area contributed by atoms with Crippen molar-refractivity contribution >= 4 is 57.5 Å². The zero-order valence-electron chi connectivity index (χ0n) is 11.0. The predicted molar refractivity (Wildman–Crippen MR) is 97.2 cm³/mol. The van der Waals surface area contributed by atoms with E-state index in [1.807, 2.05) is 18.2 Å². The topological polar surface area (TPSA) is 50.8 Å². The van der Waals surface area contributed by atoms with Crippen LogP contribution in [0, 0.1) is 0 Å². The highest BCUT2D eigenvalue weighted by Crippen LogP contribution is 2.21. The molecular formula is C13H18BrClIN3O. The van der Waals surface area contributed by atoms with Crippen molar-refractivity contribution in [1.29, 1.82) is 0 Å². The van der Waals surface area contributed by atoms with Crippen molar-refractivity contribution in [2.75, 3.05) is 32.8 Å². The van der Waals surface area contributed by atoms with E-state index in [4.69, 9.17) is 22.1 Å². The molecule has 2 N–H and O–H groups in total. The van der Waals surface area contributed by atoms with Crippen LogP contribution in [0.1, 0.15) is 5.56 Å². The Balaban J connectivity index is 0.00000200. The molecule has 2 rings (SSSR count). The summed E-state index contributed by atoms with van der Waals surface area (Å²) in [5.41, 5.74) is 7.11. The van der Waals surface area contributed by atoms with Gasteiger partial charge < -0.3 is 15.4 Å². The quantitative estimate of drug-likeness (QED) is 0.417. The van der Waals surface area contributed by atoms with Gasteiger partial charge in [-0.15, -0.1) is 24.0 Å². The molecule has 7 heteroatoms. The summed E-state index contributed by atoms with van der Waals surface area (Å²) >= 11 is 9.49. The lowest BCUT2D eigenvalue weighted by atomic mass is 10.1. The van der Waals surface area contributed by atoms with Crippen molar-refractivity contribution in [3.8, 4) is 0 Å². The maximum Gasteiger partial charge on any atom is 0.191 e. The molecule has 0 amide bonds. The van der Waals surface area contributed by atoms with Crippen molar-refractivity contribution in [1.82, 2.24) is 4.90 Å². The standard InChI is InChI=1S/C13H17BrClN3O.HI/c14-12-2-1-11(15)9-10(12)3-4-17-13(16)18-5-7-19-8-6-18;/h1-2,9H,3-8H2,(H2,16,17);1H. The maximum absolute atomic E-state index is 5.98. The van der Waals surface area contributed by atoms with E-state index in [-0.39, 0.29) is 24.0 Å². The smallest absolute Gasteiger partial charge is 0.191 e. The average molecular weight is 475 g/mol. The minimum atomic E-state index is 0. The third-order valence-electron chi connectivity index (χ3n) is 3.00. The average Bonchev–Trinajstić information content (AvgIpc) is 2.43. The third-order valence-corrected chi connectivity index (χ3v) is 4.01. The Morgan fingerprint density at radius 2 is 2.10 bits per heavy atom. The Kier molecular flexibility index (Phi) is 8.16. The van der Waals surface area contributed by atoms with Crippen molar-refractivity contribution in [3.63, 3.8) is 0 Å². The molecule has 0 aliphatic carbocycles. The molecular weight excluding hydrogens is 456 g/mol. The van der Waals surface area contributed by atoms with Crippen molar-refractivity contribution in [3.05, 3.63) is 33.3 Å². The van der Waals surface area contributed by atoms with Gasteiger partial charge in [0.25, 0.3) is 0 Å². The van der Waals surface area contributed by atoms with Gasteiger partial charge in [0.15, 0.2) is 5.96 Å². The molecule has 0 bridgehead atoms. The van der Waals surface area contributed by atoms with Gasteiger partial charge in [0, 0.05) is 29.1 Å². The summed E-state index contributed by atoms with van der Waals surface area (Å²) in [6.45, 7) is 3.72. The normalized spacial score (nSPS) is 15.9. The number of guanidine groups is 1. The maximum atomic E-state index is 5.98. The van der Waals surface area contributed by atoms with Crippen LogP contribution < -0.4 is 5.73 Å². The molecule has 1 aliphatic rings. The molecule has 112 valence electrons. The van der Waals surface area contributed by atoms with Gasteiger partial charge in [-0.05, 0) is 30.2 Å². The molecule has 0 atom stereocenters. The summed E-state index contributed by atoms with van der Waals surface area (Å²) in [5, 5.41) is 0.739. The minimum absolute atomic E-state index is 0. The Hall–Kier alpha value is -0.0500. The van der Waals surface area contributed by atoms with E-state index in [1.54, 1.807) is 0 Å². The first-order chi connectivity index (χ1) is 9.16. The van der Waals surface area contributed by atoms with Crippen LogP contribution in [0.3, 0.4) is 0 Å². The molecule has 4 nitrogen and oxygen atoms in total. The van der Waals surface area contributed by atoms with Gasteiger partial charge in [0.2, 0.25) is 0 Å². The fourth-order valence-corrected chi connectivity index (χ4v) is 2.56. The van der Waals surface area contributed by atoms with E-state index < -0.39 is 0 Å². The summed E-state index contributed by atoms with van der Waals surface area (Å²) in [7, 11) is 0. The second kappa shape index (κ2) is 9.07. The fraction of sp³-hybridized carbons (Fsp3) is 0.462. The van der Waals surface area contributed by atoms with E-state index in [0.29, 0.717) is 12.5 Å². The summed E-state index contributed by atoms with van der Waals surface area (Å²) in [4.78, 5) is 6.47. The van der Waals surface area contributed by atoms with E-state index >= 15 is 0 Å². The molecule has 0 saturated carbocycles. The highest BCUT2D eigenvalue weighted by atomic mass is 127. The summed E-state index contributed by atoms with van der Waals surface area (Å²) in [5.74, 6) is 0.599. The first-order valence-corrected chi connectivity index (χ1v) is 7.40. The number of halogens is 3. The SMILES string of the molecule is I.NC(=NCCc1cc(Cl)ccc1Br)N1CCOCC1. The number of morpholine rings is 1. The molecule has 1 fully saturated rings. The van der Waals surface area contributed by atoms with Crippen LogP contribution in [0.15, 0.2) is 27.7 Å². The largest absolute Gasteiger partial charge is 0.378 e. The molecule has 0 spiro atoms. The van der Waals surface area contributed by atoms with Crippen LogP contribution in [0.2, 0.25) is 5.02 Å². The number of aliphatic imine (C=N–C) groups is 1. The zero-order chi connectivity index (χ0) is 13.7. The van der Waals surface area contributed by atoms with E-state index in [9.17, 15) is 0 Å². The van der Waals surface area contributed by atoms with E-state index in [0.717, 1.165) is 47.8 Å². The van der Waals surface area contributed by atoms with Crippen LogP contribution in [0.25, 0.3) is 0 Å². The van der Waals surface area contributed by atoms with Gasteiger partial charge in [-0.1, -0.05) is 27.5 Å². The number of benzene rings is 1. The van der Waals surface area contributed by atoms with Gasteiger partial charge in [-0.3, -0.25) is 4.99 Å². The molecule has 0 aromatic heterocycles. The summed E-state index contributed by atoms with van der Waals surface area (Å²) < 4.78 is 6.33. The van der Waals surface area contributed by atoms with Gasteiger partial charge in [0.05, 0.1) is 13.2 Å². The Morgan fingerprint density at radius 1 is 1.40 bits per heavy atom. The molecule has 1 aromatic carbocycles. The minimum Gasteiger partial charge on any atom is -0.378 e. The highest BCUT2D eigenvalue weighted by Gasteiger charge is 2.11. The Morgan fingerprint density at radius 3 is 2.80 bits per heavy atom. The second-order valence-corrected chi connectivity index (χ2v) is 5.62. The van der Waals surface area contributed by atoms with Crippen molar-refractivity contribution in [2.24, 2.45) is 10.7 Å². The van der Waals surface area contributed by atoms with Crippen LogP contribution in [-0.4, -0.2) is 43.7 Å². The van der Waals surface area contributed by atoms with Crippen molar-refractivity contribution < 1.29 is 4.74 Å². The summed E-state index contributed by atoms with van der Waals surface area (Å²) in [6.07, 6.45) is 0.812. The Bertz CT molecular complexity index is 467. The van der Waals surface area contributed by atoms with Crippen LogP contribution in [0.5, 0.6) is 0 Å². The number of hydrogen-bond acceptors (Lipinski definition) is 2. The molecule has 20 heavy (non-hydrogen) atoms. The fourth-order valence-electron chi connectivity index (χ4n) is 1.92. The van der Waals surface area contributed by atoms with E-state index in [2.05, 4.69) is 25.8 Å². The molecule has 0 unspecified atom stereocenters. The van der Waals surface area contributed by atoms with E-state index in [1.165, 1.54) is 0 Å². The molecule has 0 radical (unpaired) electrons. The molecule has 1 saturated heterocycles. The number of rotatable bonds is 3. The Labute approximate surface area is 149 Å². The lowest BCUT2D eigenvalue weighted by molar-refractivity contribution is 0.0674. The zero-order valence-corrected chi connectivity index (χ0v) is 15.7. The number of ether oxygens (including phenoxy) is 1. The van der Waals surface area contributed by atoms with Gasteiger partial charge in [0.1, 0.15) is 0 Å². The highest BCUT2D eigenvalue weighted by molar-refractivity contribution is 14.0.